The van der Waals surface area contributed by atoms with Crippen molar-refractivity contribution in [2.75, 3.05) is 18.0 Å². The fraction of sp³-hybridized carbons (Fsp3) is 0.812. The van der Waals surface area contributed by atoms with Crippen molar-refractivity contribution < 1.29 is 0 Å². The van der Waals surface area contributed by atoms with Crippen molar-refractivity contribution >= 4 is 16.5 Å². The number of hydrogen-bond donors (Lipinski definition) is 1. The molecule has 0 amide bonds. The molecular weight excluding hydrogens is 266 g/mol. The van der Waals surface area contributed by atoms with Crippen molar-refractivity contribution in [1.29, 1.82) is 0 Å². The molecule has 0 aliphatic carbocycles. The van der Waals surface area contributed by atoms with Gasteiger partial charge in [0.2, 0.25) is 0 Å². The van der Waals surface area contributed by atoms with Crippen LogP contribution in [0.2, 0.25) is 0 Å². The molecule has 2 rings (SSSR count). The van der Waals surface area contributed by atoms with Gasteiger partial charge < -0.3 is 10.2 Å². The number of thiazole rings is 1. The largest absolute Gasteiger partial charge is 0.348 e. The third-order valence-electron chi connectivity index (χ3n) is 4.10. The summed E-state index contributed by atoms with van der Waals surface area (Å²) >= 11 is 1.86. The average Bonchev–Trinajstić information content (AvgIpc) is 2.91. The van der Waals surface area contributed by atoms with E-state index in [0.717, 1.165) is 18.4 Å². The first kappa shape index (κ1) is 15.8. The maximum absolute atomic E-state index is 4.79. The minimum absolute atomic E-state index is 0.160. The molecule has 0 spiro atoms. The van der Waals surface area contributed by atoms with Crippen LogP contribution in [0.3, 0.4) is 0 Å². The Morgan fingerprint density at radius 2 is 2.10 bits per heavy atom. The Bertz CT molecular complexity index is 445. The smallest absolute Gasteiger partial charge is 0.185 e. The normalized spacial score (nSPS) is 20.1. The summed E-state index contributed by atoms with van der Waals surface area (Å²) in [5.41, 5.74) is 1.35. The van der Waals surface area contributed by atoms with E-state index in [4.69, 9.17) is 4.98 Å². The summed E-state index contributed by atoms with van der Waals surface area (Å²) in [7, 11) is 0. The zero-order chi connectivity index (χ0) is 14.9. The van der Waals surface area contributed by atoms with Crippen LogP contribution in [-0.2, 0) is 6.54 Å². The van der Waals surface area contributed by atoms with E-state index in [1.54, 1.807) is 0 Å². The highest BCUT2D eigenvalue weighted by atomic mass is 32.1. The average molecular weight is 295 g/mol. The molecule has 1 unspecified atom stereocenters. The fourth-order valence-corrected chi connectivity index (χ4v) is 3.60. The van der Waals surface area contributed by atoms with Gasteiger partial charge in [-0.2, -0.15) is 0 Å². The van der Waals surface area contributed by atoms with Gasteiger partial charge in [0.05, 0.1) is 5.69 Å². The van der Waals surface area contributed by atoms with E-state index in [2.05, 4.69) is 51.8 Å². The summed E-state index contributed by atoms with van der Waals surface area (Å²) in [4.78, 5) is 8.64. The molecule has 1 saturated heterocycles. The number of nitrogens with one attached hydrogen (secondary N) is 1. The van der Waals surface area contributed by atoms with Gasteiger partial charge in [-0.05, 0) is 46.0 Å². The molecule has 1 aromatic heterocycles. The third-order valence-corrected chi connectivity index (χ3v) is 5.32. The SMILES string of the molecule is Cc1nc(N2CCC(C(C)C)C2)sc1CNC(C)(C)C. The summed E-state index contributed by atoms with van der Waals surface area (Å²) in [6, 6.07) is 0. The Labute approximate surface area is 127 Å². The number of nitrogens with zero attached hydrogens (tertiary/aromatic N) is 2. The van der Waals surface area contributed by atoms with E-state index in [1.165, 1.54) is 35.2 Å². The quantitative estimate of drug-likeness (QED) is 0.915. The molecule has 0 aromatic carbocycles. The van der Waals surface area contributed by atoms with E-state index >= 15 is 0 Å². The molecule has 0 bridgehead atoms. The van der Waals surface area contributed by atoms with Crippen LogP contribution in [0.5, 0.6) is 0 Å². The number of aryl methyl sites for hydroxylation is 1. The van der Waals surface area contributed by atoms with Crippen molar-refractivity contribution in [3.8, 4) is 0 Å². The van der Waals surface area contributed by atoms with Gasteiger partial charge >= 0.3 is 0 Å². The first-order valence-corrected chi connectivity index (χ1v) is 8.54. The van der Waals surface area contributed by atoms with Crippen LogP contribution in [0.25, 0.3) is 0 Å². The number of aromatic nitrogens is 1. The van der Waals surface area contributed by atoms with Gasteiger partial charge in [-0.3, -0.25) is 0 Å². The lowest BCUT2D eigenvalue weighted by molar-refractivity contribution is 0.422. The molecule has 1 N–H and O–H groups in total. The van der Waals surface area contributed by atoms with E-state index in [-0.39, 0.29) is 5.54 Å². The lowest BCUT2D eigenvalue weighted by Gasteiger charge is -2.20. The molecule has 20 heavy (non-hydrogen) atoms. The Morgan fingerprint density at radius 3 is 2.65 bits per heavy atom. The summed E-state index contributed by atoms with van der Waals surface area (Å²) in [5, 5.41) is 4.78. The van der Waals surface area contributed by atoms with Gasteiger partial charge in [0, 0.05) is 30.1 Å². The van der Waals surface area contributed by atoms with Crippen LogP contribution in [0, 0.1) is 18.8 Å². The Balaban J connectivity index is 2.01. The molecule has 3 nitrogen and oxygen atoms in total. The minimum atomic E-state index is 0.160. The summed E-state index contributed by atoms with van der Waals surface area (Å²) in [6.45, 7) is 16.7. The van der Waals surface area contributed by atoms with Crippen LogP contribution >= 0.6 is 11.3 Å². The minimum Gasteiger partial charge on any atom is -0.348 e. The van der Waals surface area contributed by atoms with Crippen LogP contribution in [0.1, 0.15) is 51.6 Å². The van der Waals surface area contributed by atoms with E-state index < -0.39 is 0 Å². The van der Waals surface area contributed by atoms with Gasteiger partial charge in [0.1, 0.15) is 0 Å². The number of anilines is 1. The zero-order valence-electron chi connectivity index (χ0n) is 13.8. The Hall–Kier alpha value is -0.610. The molecule has 0 saturated carbocycles. The molecule has 4 heteroatoms. The highest BCUT2D eigenvalue weighted by Crippen LogP contribution is 2.32. The molecule has 0 radical (unpaired) electrons. The van der Waals surface area contributed by atoms with Crippen molar-refractivity contribution in [2.24, 2.45) is 11.8 Å². The Morgan fingerprint density at radius 1 is 1.40 bits per heavy atom. The second-order valence-corrected chi connectivity index (χ2v) is 8.41. The number of hydrogen-bond acceptors (Lipinski definition) is 4. The van der Waals surface area contributed by atoms with Crippen molar-refractivity contribution in [2.45, 2.75) is 60.0 Å². The van der Waals surface area contributed by atoms with Crippen molar-refractivity contribution in [3.05, 3.63) is 10.6 Å². The first-order valence-electron chi connectivity index (χ1n) is 7.72. The van der Waals surface area contributed by atoms with Gasteiger partial charge in [-0.15, -0.1) is 11.3 Å². The molecule has 1 aliphatic rings. The molecule has 114 valence electrons. The summed E-state index contributed by atoms with van der Waals surface area (Å²) < 4.78 is 0. The van der Waals surface area contributed by atoms with E-state index in [9.17, 15) is 0 Å². The van der Waals surface area contributed by atoms with Crippen LogP contribution in [-0.4, -0.2) is 23.6 Å². The van der Waals surface area contributed by atoms with Crippen molar-refractivity contribution in [1.82, 2.24) is 10.3 Å². The third kappa shape index (κ3) is 3.95. The molecule has 1 fully saturated rings. The summed E-state index contributed by atoms with van der Waals surface area (Å²) in [6.07, 6.45) is 1.31. The molecule has 1 atom stereocenters. The van der Waals surface area contributed by atoms with Crippen LogP contribution in [0.15, 0.2) is 0 Å². The van der Waals surface area contributed by atoms with Crippen LogP contribution in [0.4, 0.5) is 5.13 Å². The lowest BCUT2D eigenvalue weighted by atomic mass is 9.95. The van der Waals surface area contributed by atoms with E-state index in [1.807, 2.05) is 11.3 Å². The van der Waals surface area contributed by atoms with Gasteiger partial charge in [-0.25, -0.2) is 4.98 Å². The lowest BCUT2D eigenvalue weighted by Crippen LogP contribution is -2.34. The van der Waals surface area contributed by atoms with Gasteiger partial charge in [0.15, 0.2) is 5.13 Å². The molecule has 1 aliphatic heterocycles. The highest BCUT2D eigenvalue weighted by molar-refractivity contribution is 7.15. The first-order chi connectivity index (χ1) is 9.26. The highest BCUT2D eigenvalue weighted by Gasteiger charge is 2.27. The Kier molecular flexibility index (Phi) is 4.75. The maximum atomic E-state index is 4.79. The van der Waals surface area contributed by atoms with E-state index in [0.29, 0.717) is 0 Å². The van der Waals surface area contributed by atoms with Gasteiger partial charge in [-0.1, -0.05) is 13.8 Å². The molecule has 2 heterocycles. The number of rotatable bonds is 4. The second kappa shape index (κ2) is 6.02. The van der Waals surface area contributed by atoms with Crippen LogP contribution < -0.4 is 10.2 Å². The topological polar surface area (TPSA) is 28.2 Å². The standard InChI is InChI=1S/C16H29N3S/c1-11(2)13-7-8-19(10-13)15-18-12(3)14(20-15)9-17-16(4,5)6/h11,13,17H,7-10H2,1-6H3. The fourth-order valence-electron chi connectivity index (χ4n) is 2.56. The van der Waals surface area contributed by atoms with Crippen molar-refractivity contribution in [3.63, 3.8) is 0 Å². The molecular formula is C16H29N3S. The van der Waals surface area contributed by atoms with Gasteiger partial charge in [0.25, 0.3) is 0 Å². The predicted octanol–water partition coefficient (Wildman–Crippen LogP) is 3.82. The second-order valence-electron chi connectivity index (χ2n) is 7.35. The predicted molar refractivity (Wildman–Crippen MR) is 88.6 cm³/mol. The molecule has 1 aromatic rings. The zero-order valence-corrected chi connectivity index (χ0v) is 14.6. The monoisotopic (exact) mass is 295 g/mol. The maximum Gasteiger partial charge on any atom is 0.185 e. The summed E-state index contributed by atoms with van der Waals surface area (Å²) in [5.74, 6) is 1.61.